The molecule has 0 saturated carbocycles. The van der Waals surface area contributed by atoms with Gasteiger partial charge in [0.2, 0.25) is 0 Å². The molecule has 0 aliphatic rings. The van der Waals surface area contributed by atoms with Crippen molar-refractivity contribution in [2.75, 3.05) is 13.7 Å². The van der Waals surface area contributed by atoms with Crippen LogP contribution >= 0.6 is 0 Å². The number of fused-ring (bicyclic) bond motifs is 1. The highest BCUT2D eigenvalue weighted by molar-refractivity contribution is 5.88. The van der Waals surface area contributed by atoms with Crippen LogP contribution in [0.1, 0.15) is 17.5 Å². The smallest absolute Gasteiger partial charge is 0.310 e. The fraction of sp³-hybridized carbons (Fsp3) is 0.400. The second kappa shape index (κ2) is 5.89. The number of benzene rings is 1. The molecule has 4 heteroatoms. The maximum atomic E-state index is 11.5. The van der Waals surface area contributed by atoms with Crippen LogP contribution in [0.4, 0.5) is 0 Å². The van der Waals surface area contributed by atoms with E-state index in [0.717, 1.165) is 29.4 Å². The Morgan fingerprint density at radius 1 is 1.42 bits per heavy atom. The highest BCUT2D eigenvalue weighted by Gasteiger charge is 2.12. The van der Waals surface area contributed by atoms with E-state index in [0.29, 0.717) is 13.0 Å². The van der Waals surface area contributed by atoms with Gasteiger partial charge in [-0.25, -0.2) is 0 Å². The van der Waals surface area contributed by atoms with E-state index in [1.54, 1.807) is 0 Å². The molecule has 1 aromatic heterocycles. The SMILES string of the molecule is COC(=O)Cc1cn(CCCN)c2cc(C)ccc12. The summed E-state index contributed by atoms with van der Waals surface area (Å²) in [6, 6.07) is 6.28. The predicted octanol–water partition coefficient (Wildman–Crippen LogP) is 2.01. The molecule has 2 aromatic rings. The molecular formula is C15H20N2O2. The minimum absolute atomic E-state index is 0.210. The van der Waals surface area contributed by atoms with Crippen LogP contribution in [-0.2, 0) is 22.5 Å². The molecule has 0 atom stereocenters. The first-order chi connectivity index (χ1) is 9.15. The summed E-state index contributed by atoms with van der Waals surface area (Å²) in [6.45, 7) is 3.61. The average molecular weight is 260 g/mol. The van der Waals surface area contributed by atoms with Gasteiger partial charge in [0.05, 0.1) is 13.5 Å². The Bertz CT molecular complexity index is 587. The Morgan fingerprint density at radius 2 is 2.21 bits per heavy atom. The summed E-state index contributed by atoms with van der Waals surface area (Å²) in [5.74, 6) is -0.210. The van der Waals surface area contributed by atoms with E-state index in [9.17, 15) is 4.79 Å². The van der Waals surface area contributed by atoms with Crippen molar-refractivity contribution >= 4 is 16.9 Å². The Hall–Kier alpha value is -1.81. The Labute approximate surface area is 113 Å². The van der Waals surface area contributed by atoms with E-state index in [-0.39, 0.29) is 5.97 Å². The molecule has 4 nitrogen and oxygen atoms in total. The highest BCUT2D eigenvalue weighted by Crippen LogP contribution is 2.23. The topological polar surface area (TPSA) is 57.2 Å². The lowest BCUT2D eigenvalue weighted by Crippen LogP contribution is -2.05. The van der Waals surface area contributed by atoms with Crippen LogP contribution in [0.2, 0.25) is 0 Å². The lowest BCUT2D eigenvalue weighted by molar-refractivity contribution is -0.139. The number of aromatic nitrogens is 1. The van der Waals surface area contributed by atoms with Gasteiger partial charge in [-0.15, -0.1) is 0 Å². The van der Waals surface area contributed by atoms with Gasteiger partial charge in [-0.1, -0.05) is 12.1 Å². The first kappa shape index (κ1) is 13.6. The minimum atomic E-state index is -0.210. The van der Waals surface area contributed by atoms with E-state index in [1.807, 2.05) is 6.20 Å². The number of nitrogens with two attached hydrogens (primary N) is 1. The molecule has 0 bridgehead atoms. The summed E-state index contributed by atoms with van der Waals surface area (Å²) in [6.07, 6.45) is 3.28. The number of aryl methyl sites for hydroxylation is 2. The van der Waals surface area contributed by atoms with Crippen LogP contribution in [0, 0.1) is 6.92 Å². The van der Waals surface area contributed by atoms with Crippen LogP contribution < -0.4 is 5.73 Å². The largest absolute Gasteiger partial charge is 0.469 e. The van der Waals surface area contributed by atoms with Gasteiger partial charge in [0, 0.05) is 23.6 Å². The van der Waals surface area contributed by atoms with E-state index in [4.69, 9.17) is 10.5 Å². The molecule has 2 N–H and O–H groups in total. The number of nitrogens with zero attached hydrogens (tertiary/aromatic N) is 1. The highest BCUT2D eigenvalue weighted by atomic mass is 16.5. The summed E-state index contributed by atoms with van der Waals surface area (Å²) in [4.78, 5) is 11.5. The van der Waals surface area contributed by atoms with Gasteiger partial charge in [-0.2, -0.15) is 0 Å². The Balaban J connectivity index is 2.43. The summed E-state index contributed by atoms with van der Waals surface area (Å²) in [5, 5.41) is 1.12. The Morgan fingerprint density at radius 3 is 2.89 bits per heavy atom. The molecule has 0 aliphatic carbocycles. The molecule has 0 saturated heterocycles. The van der Waals surface area contributed by atoms with Gasteiger partial charge in [0.1, 0.15) is 0 Å². The normalized spacial score (nSPS) is 10.9. The standard InChI is InChI=1S/C15H20N2O2/c1-11-4-5-13-12(9-15(18)19-2)10-17(7-3-6-16)14(13)8-11/h4-5,8,10H,3,6-7,9,16H2,1-2H3. The molecule has 0 aliphatic heterocycles. The maximum absolute atomic E-state index is 11.5. The fourth-order valence-corrected chi connectivity index (χ4v) is 2.29. The van der Waals surface area contributed by atoms with Crippen molar-refractivity contribution in [3.05, 3.63) is 35.5 Å². The van der Waals surface area contributed by atoms with Crippen LogP contribution in [0.3, 0.4) is 0 Å². The van der Waals surface area contributed by atoms with E-state index in [2.05, 4.69) is 29.7 Å². The van der Waals surface area contributed by atoms with Gasteiger partial charge in [-0.3, -0.25) is 4.79 Å². The van der Waals surface area contributed by atoms with Crippen molar-refractivity contribution in [1.29, 1.82) is 0 Å². The van der Waals surface area contributed by atoms with Crippen molar-refractivity contribution in [3.63, 3.8) is 0 Å². The van der Waals surface area contributed by atoms with Gasteiger partial charge in [0.15, 0.2) is 0 Å². The summed E-state index contributed by atoms with van der Waals surface area (Å²) in [7, 11) is 1.42. The van der Waals surface area contributed by atoms with Gasteiger partial charge >= 0.3 is 5.97 Å². The van der Waals surface area contributed by atoms with Crippen LogP contribution in [0.5, 0.6) is 0 Å². The number of esters is 1. The molecule has 0 spiro atoms. The van der Waals surface area contributed by atoms with Crippen molar-refractivity contribution in [1.82, 2.24) is 4.57 Å². The zero-order chi connectivity index (χ0) is 13.8. The zero-order valence-corrected chi connectivity index (χ0v) is 11.5. The number of ether oxygens (including phenoxy) is 1. The van der Waals surface area contributed by atoms with Crippen LogP contribution in [0.25, 0.3) is 10.9 Å². The molecular weight excluding hydrogens is 240 g/mol. The number of carbonyl (C=O) groups is 1. The van der Waals surface area contributed by atoms with Crippen molar-refractivity contribution in [3.8, 4) is 0 Å². The molecule has 0 radical (unpaired) electrons. The molecule has 0 unspecified atom stereocenters. The number of rotatable bonds is 5. The lowest BCUT2D eigenvalue weighted by atomic mass is 10.1. The minimum Gasteiger partial charge on any atom is -0.469 e. The third-order valence-corrected chi connectivity index (χ3v) is 3.29. The van der Waals surface area contributed by atoms with Gasteiger partial charge in [0.25, 0.3) is 0 Å². The third-order valence-electron chi connectivity index (χ3n) is 3.29. The molecule has 102 valence electrons. The zero-order valence-electron chi connectivity index (χ0n) is 11.5. The average Bonchev–Trinajstić information content (AvgIpc) is 2.73. The first-order valence-electron chi connectivity index (χ1n) is 6.51. The monoisotopic (exact) mass is 260 g/mol. The van der Waals surface area contributed by atoms with Crippen molar-refractivity contribution in [2.45, 2.75) is 26.3 Å². The van der Waals surface area contributed by atoms with Crippen LogP contribution in [0.15, 0.2) is 24.4 Å². The summed E-state index contributed by atoms with van der Waals surface area (Å²) < 4.78 is 6.92. The number of hydrogen-bond acceptors (Lipinski definition) is 3. The van der Waals surface area contributed by atoms with Gasteiger partial charge < -0.3 is 15.0 Å². The maximum Gasteiger partial charge on any atom is 0.310 e. The first-order valence-corrected chi connectivity index (χ1v) is 6.51. The number of hydrogen-bond donors (Lipinski definition) is 1. The van der Waals surface area contributed by atoms with Crippen molar-refractivity contribution in [2.24, 2.45) is 5.73 Å². The van der Waals surface area contributed by atoms with Crippen LogP contribution in [-0.4, -0.2) is 24.2 Å². The van der Waals surface area contributed by atoms with E-state index < -0.39 is 0 Å². The molecule has 1 heterocycles. The Kier molecular flexibility index (Phi) is 4.22. The number of carbonyl (C=O) groups excluding carboxylic acids is 1. The molecule has 0 amide bonds. The third kappa shape index (κ3) is 2.96. The van der Waals surface area contributed by atoms with Crippen molar-refractivity contribution < 1.29 is 9.53 Å². The fourth-order valence-electron chi connectivity index (χ4n) is 2.29. The lowest BCUT2D eigenvalue weighted by Gasteiger charge is -2.04. The molecule has 1 aromatic carbocycles. The molecule has 0 fully saturated rings. The quantitative estimate of drug-likeness (QED) is 0.837. The number of methoxy groups -OCH3 is 1. The van der Waals surface area contributed by atoms with E-state index in [1.165, 1.54) is 12.7 Å². The molecule has 2 rings (SSSR count). The summed E-state index contributed by atoms with van der Waals surface area (Å²) >= 11 is 0. The predicted molar refractivity (Wildman–Crippen MR) is 76.1 cm³/mol. The second-order valence-electron chi connectivity index (χ2n) is 4.76. The summed E-state index contributed by atoms with van der Waals surface area (Å²) in [5.41, 5.74) is 8.96. The van der Waals surface area contributed by atoms with Gasteiger partial charge in [-0.05, 0) is 37.1 Å². The molecule has 19 heavy (non-hydrogen) atoms. The van der Waals surface area contributed by atoms with E-state index >= 15 is 0 Å². The second-order valence-corrected chi connectivity index (χ2v) is 4.76.